The second-order valence-corrected chi connectivity index (χ2v) is 7.89. The molecule has 0 aliphatic carbocycles. The molecule has 144 valence electrons. The van der Waals surface area contributed by atoms with Gasteiger partial charge in [-0.2, -0.15) is 0 Å². The Morgan fingerprint density at radius 2 is 1.76 bits per heavy atom. The van der Waals surface area contributed by atoms with Crippen molar-refractivity contribution in [2.75, 3.05) is 17.7 Å². The van der Waals surface area contributed by atoms with E-state index in [1.165, 1.54) is 22.0 Å². The van der Waals surface area contributed by atoms with Gasteiger partial charge in [0.05, 0.1) is 10.2 Å². The number of thiazole rings is 1. The van der Waals surface area contributed by atoms with Gasteiger partial charge < -0.3 is 15.2 Å². The van der Waals surface area contributed by atoms with Gasteiger partial charge >= 0.3 is 0 Å². The van der Waals surface area contributed by atoms with Crippen LogP contribution in [0.5, 0.6) is 0 Å². The zero-order valence-electron chi connectivity index (χ0n) is 16.3. The van der Waals surface area contributed by atoms with E-state index in [-0.39, 0.29) is 0 Å². The first-order chi connectivity index (χ1) is 14.2. The highest BCUT2D eigenvalue weighted by molar-refractivity contribution is 7.22. The lowest BCUT2D eigenvalue weighted by atomic mass is 10.0. The van der Waals surface area contributed by atoms with Crippen LogP contribution in [-0.4, -0.2) is 21.6 Å². The molecule has 5 rings (SSSR count). The van der Waals surface area contributed by atoms with E-state index >= 15 is 0 Å². The number of pyridine rings is 1. The number of hydrogen-bond acceptors (Lipinski definition) is 5. The second kappa shape index (κ2) is 7.22. The number of fused-ring (bicyclic) bond motifs is 2. The highest BCUT2D eigenvalue weighted by atomic mass is 32.1. The third kappa shape index (κ3) is 3.32. The van der Waals surface area contributed by atoms with Crippen molar-refractivity contribution < 1.29 is 0 Å². The molecule has 0 bridgehead atoms. The van der Waals surface area contributed by atoms with Crippen molar-refractivity contribution in [1.82, 2.24) is 14.5 Å². The van der Waals surface area contributed by atoms with Crippen molar-refractivity contribution in [2.45, 2.75) is 13.5 Å². The highest BCUT2D eigenvalue weighted by Gasteiger charge is 2.09. The number of aromatic nitrogens is 3. The number of anilines is 3. The fourth-order valence-electron chi connectivity index (χ4n) is 3.55. The van der Waals surface area contributed by atoms with Gasteiger partial charge in [-0.1, -0.05) is 35.6 Å². The number of nitrogens with zero attached hydrogens (tertiary/aromatic N) is 3. The summed E-state index contributed by atoms with van der Waals surface area (Å²) in [5.41, 5.74) is 4.68. The van der Waals surface area contributed by atoms with Crippen LogP contribution in [0.15, 0.2) is 66.9 Å². The maximum Gasteiger partial charge on any atom is 0.189 e. The fourth-order valence-corrected chi connectivity index (χ4v) is 4.46. The van der Waals surface area contributed by atoms with E-state index in [9.17, 15) is 0 Å². The van der Waals surface area contributed by atoms with E-state index in [1.54, 1.807) is 11.3 Å². The summed E-state index contributed by atoms with van der Waals surface area (Å²) in [5.74, 6) is 1.60. The Kier molecular flexibility index (Phi) is 4.41. The van der Waals surface area contributed by atoms with Crippen LogP contribution in [0.1, 0.15) is 6.92 Å². The fraction of sp³-hybridized carbons (Fsp3) is 0.130. The van der Waals surface area contributed by atoms with Crippen LogP contribution in [0, 0.1) is 0 Å². The maximum absolute atomic E-state index is 4.71. The van der Waals surface area contributed by atoms with Crippen LogP contribution in [0.2, 0.25) is 0 Å². The average Bonchev–Trinajstić information content (AvgIpc) is 3.35. The number of aryl methyl sites for hydroxylation is 1. The summed E-state index contributed by atoms with van der Waals surface area (Å²) in [6.07, 6.45) is 2.15. The molecular weight excluding hydrogens is 378 g/mol. The van der Waals surface area contributed by atoms with Gasteiger partial charge in [-0.25, -0.2) is 9.97 Å². The molecule has 0 amide bonds. The minimum atomic E-state index is 0.780. The molecule has 0 saturated carbocycles. The summed E-state index contributed by atoms with van der Waals surface area (Å²) in [7, 11) is 1.86. The molecule has 2 N–H and O–H groups in total. The summed E-state index contributed by atoms with van der Waals surface area (Å²) in [6.45, 7) is 3.14. The standard InChI is InChI=1S/C23H21N5S/c1-3-28-12-11-15-7-8-16(13-19(15)28)17-9-10-18-20(14-17)29-23(25-18)27-22-6-4-5-21(24-2)26-22/h4-14H,3H2,1-2H3,(H2,24,25,26,27). The molecule has 6 heteroatoms. The molecule has 0 spiro atoms. The second-order valence-electron chi connectivity index (χ2n) is 6.86. The van der Waals surface area contributed by atoms with Gasteiger partial charge in [0.2, 0.25) is 0 Å². The van der Waals surface area contributed by atoms with Crippen molar-refractivity contribution in [2.24, 2.45) is 0 Å². The number of nitrogens with one attached hydrogen (secondary N) is 2. The van der Waals surface area contributed by atoms with Crippen molar-refractivity contribution in [1.29, 1.82) is 0 Å². The van der Waals surface area contributed by atoms with Gasteiger partial charge in [-0.05, 0) is 59.8 Å². The monoisotopic (exact) mass is 399 g/mol. The minimum absolute atomic E-state index is 0.780. The first-order valence-electron chi connectivity index (χ1n) is 9.65. The quantitative estimate of drug-likeness (QED) is 0.374. The molecule has 0 atom stereocenters. The molecule has 0 aliphatic rings. The Labute approximate surface area is 173 Å². The Bertz CT molecular complexity index is 1320. The van der Waals surface area contributed by atoms with Gasteiger partial charge in [0.15, 0.2) is 5.13 Å². The molecule has 0 fully saturated rings. The lowest BCUT2D eigenvalue weighted by molar-refractivity contribution is 0.798. The third-order valence-corrected chi connectivity index (χ3v) is 6.01. The zero-order chi connectivity index (χ0) is 19.8. The SMILES string of the molecule is CCn1ccc2ccc(-c3ccc4nc(Nc5cccc(NC)n5)sc4c3)cc21. The van der Waals surface area contributed by atoms with Gasteiger partial charge in [-0.3, -0.25) is 0 Å². The number of benzene rings is 2. The Hall–Kier alpha value is -3.38. The normalized spacial score (nSPS) is 11.2. The predicted molar refractivity (Wildman–Crippen MR) is 123 cm³/mol. The molecule has 3 aromatic heterocycles. The molecule has 0 radical (unpaired) electrons. The van der Waals surface area contributed by atoms with E-state index in [1.807, 2.05) is 25.2 Å². The van der Waals surface area contributed by atoms with Crippen LogP contribution >= 0.6 is 11.3 Å². The molecule has 3 heterocycles. The predicted octanol–water partition coefficient (Wildman–Crippen LogP) is 6.12. The number of rotatable bonds is 5. The summed E-state index contributed by atoms with van der Waals surface area (Å²) >= 11 is 1.64. The minimum Gasteiger partial charge on any atom is -0.373 e. The van der Waals surface area contributed by atoms with Gasteiger partial charge in [0, 0.05) is 25.3 Å². The topological polar surface area (TPSA) is 54.8 Å². The molecule has 0 saturated heterocycles. The molecule has 0 aliphatic heterocycles. The van der Waals surface area contributed by atoms with Gasteiger partial charge in [0.1, 0.15) is 11.6 Å². The molecular formula is C23H21N5S. The van der Waals surface area contributed by atoms with Crippen LogP contribution in [0.3, 0.4) is 0 Å². The van der Waals surface area contributed by atoms with Crippen molar-refractivity contribution in [3.8, 4) is 11.1 Å². The van der Waals surface area contributed by atoms with Crippen molar-refractivity contribution in [3.63, 3.8) is 0 Å². The first-order valence-corrected chi connectivity index (χ1v) is 10.5. The molecule has 2 aromatic carbocycles. The van der Waals surface area contributed by atoms with E-state index in [2.05, 4.69) is 75.8 Å². The Balaban J connectivity index is 1.49. The molecule has 5 nitrogen and oxygen atoms in total. The third-order valence-electron chi connectivity index (χ3n) is 5.08. The van der Waals surface area contributed by atoms with Crippen LogP contribution < -0.4 is 10.6 Å². The van der Waals surface area contributed by atoms with Gasteiger partial charge in [-0.15, -0.1) is 0 Å². The summed E-state index contributed by atoms with van der Waals surface area (Å²) in [4.78, 5) is 9.21. The lowest BCUT2D eigenvalue weighted by Crippen LogP contribution is -1.96. The Morgan fingerprint density at radius 3 is 2.62 bits per heavy atom. The summed E-state index contributed by atoms with van der Waals surface area (Å²) in [6, 6.07) is 21.1. The average molecular weight is 400 g/mol. The van der Waals surface area contributed by atoms with Crippen molar-refractivity contribution >= 4 is 49.2 Å². The highest BCUT2D eigenvalue weighted by Crippen LogP contribution is 2.33. The lowest BCUT2D eigenvalue weighted by Gasteiger charge is -2.05. The van der Waals surface area contributed by atoms with E-state index in [0.29, 0.717) is 0 Å². The Morgan fingerprint density at radius 1 is 0.931 bits per heavy atom. The first kappa shape index (κ1) is 17.7. The molecule has 0 unspecified atom stereocenters. The summed E-state index contributed by atoms with van der Waals surface area (Å²) in [5, 5.41) is 8.49. The van der Waals surface area contributed by atoms with E-state index in [4.69, 9.17) is 4.98 Å². The van der Waals surface area contributed by atoms with E-state index < -0.39 is 0 Å². The maximum atomic E-state index is 4.71. The van der Waals surface area contributed by atoms with Crippen LogP contribution in [-0.2, 0) is 6.54 Å². The van der Waals surface area contributed by atoms with Crippen LogP contribution in [0.4, 0.5) is 16.8 Å². The molecule has 29 heavy (non-hydrogen) atoms. The van der Waals surface area contributed by atoms with Crippen molar-refractivity contribution in [3.05, 3.63) is 66.9 Å². The van der Waals surface area contributed by atoms with E-state index in [0.717, 1.165) is 33.5 Å². The summed E-state index contributed by atoms with van der Waals surface area (Å²) < 4.78 is 3.43. The molecule has 5 aromatic rings. The van der Waals surface area contributed by atoms with Crippen LogP contribution in [0.25, 0.3) is 32.2 Å². The van der Waals surface area contributed by atoms with Gasteiger partial charge in [0.25, 0.3) is 0 Å². The largest absolute Gasteiger partial charge is 0.373 e. The zero-order valence-corrected chi connectivity index (χ0v) is 17.1. The smallest absolute Gasteiger partial charge is 0.189 e. The number of hydrogen-bond donors (Lipinski definition) is 2.